The Bertz CT molecular complexity index is 349. The molecule has 4 nitrogen and oxygen atoms in total. The van der Waals surface area contributed by atoms with Crippen molar-refractivity contribution in [2.75, 3.05) is 0 Å². The predicted octanol–water partition coefficient (Wildman–Crippen LogP) is 3.25. The first-order valence-corrected chi connectivity index (χ1v) is 6.90. The lowest BCUT2D eigenvalue weighted by atomic mass is 9.78. The number of hydrogen-bond acceptors (Lipinski definition) is 3. The van der Waals surface area contributed by atoms with Gasteiger partial charge >= 0.3 is 6.09 Å². The predicted molar refractivity (Wildman–Crippen MR) is 68.1 cm³/mol. The Labute approximate surface area is 109 Å². The number of imide groups is 1. The highest BCUT2D eigenvalue weighted by Gasteiger charge is 2.54. The molecular formula is C14H23NO3. The maximum absolute atomic E-state index is 12.1. The molecule has 2 aliphatic rings. The Kier molecular flexibility index (Phi) is 3.39. The van der Waals surface area contributed by atoms with Gasteiger partial charge in [-0.2, -0.15) is 0 Å². The van der Waals surface area contributed by atoms with E-state index in [1.807, 2.05) is 20.8 Å². The van der Waals surface area contributed by atoms with Crippen LogP contribution in [0.5, 0.6) is 0 Å². The summed E-state index contributed by atoms with van der Waals surface area (Å²) in [6.07, 6.45) is 6.57. The van der Waals surface area contributed by atoms with E-state index >= 15 is 0 Å². The fraction of sp³-hybridized carbons (Fsp3) is 0.857. The van der Waals surface area contributed by atoms with Crippen LogP contribution in [0.25, 0.3) is 0 Å². The number of hydrogen-bond donors (Lipinski definition) is 0. The molecule has 1 saturated carbocycles. The Hall–Kier alpha value is -1.06. The molecular weight excluding hydrogens is 230 g/mol. The third kappa shape index (κ3) is 2.52. The lowest BCUT2D eigenvalue weighted by molar-refractivity contribution is -0.155. The summed E-state index contributed by atoms with van der Waals surface area (Å²) in [7, 11) is 0. The number of β-lactam (4-membered cyclic amide) rings is 1. The molecule has 0 N–H and O–H groups in total. The number of carbonyl (C=O) groups excluding carboxylic acids is 2. The highest BCUT2D eigenvalue weighted by molar-refractivity contribution is 5.99. The quantitative estimate of drug-likeness (QED) is 0.622. The molecule has 1 aliphatic carbocycles. The van der Waals surface area contributed by atoms with Crippen LogP contribution in [-0.2, 0) is 9.53 Å². The summed E-state index contributed by atoms with van der Waals surface area (Å²) in [5.41, 5.74) is -0.769. The fourth-order valence-corrected chi connectivity index (χ4v) is 3.00. The minimum Gasteiger partial charge on any atom is -0.443 e. The molecule has 1 spiro atoms. The molecule has 1 aliphatic heterocycles. The van der Waals surface area contributed by atoms with Gasteiger partial charge in [-0.25, -0.2) is 9.69 Å². The maximum Gasteiger partial charge on any atom is 0.417 e. The minimum atomic E-state index is -0.543. The molecule has 0 aromatic heterocycles. The number of ether oxygens (including phenoxy) is 1. The lowest BCUT2D eigenvalue weighted by Crippen LogP contribution is -2.66. The summed E-state index contributed by atoms with van der Waals surface area (Å²) in [5, 5.41) is 0. The standard InChI is InChI=1S/C14H23NO3/c1-13(2,3)18-12(17)15-11(16)10-14(15)8-6-4-5-7-9-14/h4-10H2,1-3H3. The van der Waals surface area contributed by atoms with E-state index in [4.69, 9.17) is 4.74 Å². The van der Waals surface area contributed by atoms with Crippen molar-refractivity contribution in [1.29, 1.82) is 0 Å². The van der Waals surface area contributed by atoms with Gasteiger partial charge in [-0.05, 0) is 33.6 Å². The van der Waals surface area contributed by atoms with Crippen LogP contribution in [0.1, 0.15) is 65.7 Å². The van der Waals surface area contributed by atoms with Gasteiger partial charge in [0.15, 0.2) is 0 Å². The lowest BCUT2D eigenvalue weighted by Gasteiger charge is -2.50. The first-order valence-electron chi connectivity index (χ1n) is 6.90. The third-order valence-corrected chi connectivity index (χ3v) is 3.81. The van der Waals surface area contributed by atoms with Crippen molar-refractivity contribution in [1.82, 2.24) is 4.90 Å². The van der Waals surface area contributed by atoms with Crippen molar-refractivity contribution in [2.24, 2.45) is 0 Å². The van der Waals surface area contributed by atoms with Gasteiger partial charge in [-0.3, -0.25) is 4.79 Å². The molecule has 2 rings (SSSR count). The van der Waals surface area contributed by atoms with Gasteiger partial charge in [0.2, 0.25) is 5.91 Å². The smallest absolute Gasteiger partial charge is 0.417 e. The largest absolute Gasteiger partial charge is 0.443 e. The van der Waals surface area contributed by atoms with Crippen molar-refractivity contribution < 1.29 is 14.3 Å². The molecule has 102 valence electrons. The minimum absolute atomic E-state index is 0.0776. The summed E-state index contributed by atoms with van der Waals surface area (Å²) in [5.74, 6) is -0.0776. The maximum atomic E-state index is 12.1. The molecule has 2 amide bonds. The van der Waals surface area contributed by atoms with E-state index in [0.29, 0.717) is 6.42 Å². The molecule has 0 aromatic rings. The summed E-state index contributed by atoms with van der Waals surface area (Å²) >= 11 is 0. The first-order chi connectivity index (χ1) is 8.34. The first kappa shape index (κ1) is 13.4. The van der Waals surface area contributed by atoms with Crippen molar-refractivity contribution in [3.8, 4) is 0 Å². The average molecular weight is 253 g/mol. The zero-order valence-electron chi connectivity index (χ0n) is 11.6. The van der Waals surface area contributed by atoms with Gasteiger partial charge in [0.25, 0.3) is 0 Å². The van der Waals surface area contributed by atoms with Crippen LogP contribution in [-0.4, -0.2) is 28.0 Å². The Morgan fingerprint density at radius 2 is 1.72 bits per heavy atom. The fourth-order valence-electron chi connectivity index (χ4n) is 3.00. The van der Waals surface area contributed by atoms with Crippen LogP contribution in [0.4, 0.5) is 4.79 Å². The second-order valence-electron chi connectivity index (χ2n) is 6.52. The van der Waals surface area contributed by atoms with Gasteiger partial charge in [-0.1, -0.05) is 25.7 Å². The average Bonchev–Trinajstić information content (AvgIpc) is 2.40. The zero-order valence-corrected chi connectivity index (χ0v) is 11.6. The number of likely N-dealkylation sites (tertiary alicyclic amines) is 1. The third-order valence-electron chi connectivity index (χ3n) is 3.81. The van der Waals surface area contributed by atoms with Gasteiger partial charge in [0.1, 0.15) is 5.60 Å². The molecule has 2 fully saturated rings. The van der Waals surface area contributed by atoms with Crippen LogP contribution in [0, 0.1) is 0 Å². The molecule has 0 radical (unpaired) electrons. The van der Waals surface area contributed by atoms with E-state index in [1.54, 1.807) is 0 Å². The van der Waals surface area contributed by atoms with Gasteiger partial charge < -0.3 is 4.74 Å². The summed E-state index contributed by atoms with van der Waals surface area (Å²) < 4.78 is 5.35. The number of nitrogens with zero attached hydrogens (tertiary/aromatic N) is 1. The molecule has 1 heterocycles. The van der Waals surface area contributed by atoms with Gasteiger partial charge in [0.05, 0.1) is 12.0 Å². The van der Waals surface area contributed by atoms with E-state index in [-0.39, 0.29) is 11.4 Å². The summed E-state index contributed by atoms with van der Waals surface area (Å²) in [4.78, 5) is 25.3. The SMILES string of the molecule is CC(C)(C)OC(=O)N1C(=O)CC12CCCCCC2. The van der Waals surface area contributed by atoms with E-state index in [2.05, 4.69) is 0 Å². The van der Waals surface area contributed by atoms with Gasteiger partial charge in [-0.15, -0.1) is 0 Å². The molecule has 0 aromatic carbocycles. The van der Waals surface area contributed by atoms with Crippen molar-refractivity contribution >= 4 is 12.0 Å². The molecule has 18 heavy (non-hydrogen) atoms. The highest BCUT2D eigenvalue weighted by Crippen LogP contribution is 2.43. The topological polar surface area (TPSA) is 46.6 Å². The second-order valence-corrected chi connectivity index (χ2v) is 6.52. The van der Waals surface area contributed by atoms with Crippen molar-refractivity contribution in [3.63, 3.8) is 0 Å². The van der Waals surface area contributed by atoms with E-state index in [1.165, 1.54) is 17.7 Å². The van der Waals surface area contributed by atoms with E-state index in [9.17, 15) is 9.59 Å². The second kappa shape index (κ2) is 4.56. The van der Waals surface area contributed by atoms with Crippen LogP contribution in [0.15, 0.2) is 0 Å². The Morgan fingerprint density at radius 1 is 1.17 bits per heavy atom. The molecule has 0 unspecified atom stereocenters. The molecule has 0 bridgehead atoms. The van der Waals surface area contributed by atoms with Crippen molar-refractivity contribution in [2.45, 2.75) is 76.9 Å². The Balaban J connectivity index is 2.09. The summed E-state index contributed by atoms with van der Waals surface area (Å²) in [6.45, 7) is 5.48. The molecule has 4 heteroatoms. The summed E-state index contributed by atoms with van der Waals surface area (Å²) in [6, 6.07) is 0. The molecule has 1 saturated heterocycles. The highest BCUT2D eigenvalue weighted by atomic mass is 16.6. The van der Waals surface area contributed by atoms with Crippen LogP contribution in [0.2, 0.25) is 0 Å². The monoisotopic (exact) mass is 253 g/mol. The Morgan fingerprint density at radius 3 is 2.17 bits per heavy atom. The van der Waals surface area contributed by atoms with Gasteiger partial charge in [0, 0.05) is 0 Å². The zero-order chi connectivity index (χ0) is 13.4. The van der Waals surface area contributed by atoms with Crippen LogP contribution < -0.4 is 0 Å². The van der Waals surface area contributed by atoms with E-state index < -0.39 is 11.7 Å². The normalized spacial score (nSPS) is 23.5. The van der Waals surface area contributed by atoms with Crippen LogP contribution >= 0.6 is 0 Å². The van der Waals surface area contributed by atoms with Crippen molar-refractivity contribution in [3.05, 3.63) is 0 Å². The number of amides is 2. The van der Waals surface area contributed by atoms with Crippen LogP contribution in [0.3, 0.4) is 0 Å². The number of carbonyl (C=O) groups is 2. The van der Waals surface area contributed by atoms with E-state index in [0.717, 1.165) is 25.7 Å². The number of rotatable bonds is 0. The molecule has 0 atom stereocenters.